The third-order valence-electron chi connectivity index (χ3n) is 5.04. The van der Waals surface area contributed by atoms with Gasteiger partial charge in [0.25, 0.3) is 0 Å². The minimum absolute atomic E-state index is 0. The van der Waals surface area contributed by atoms with Crippen LogP contribution in [0.4, 0.5) is 0 Å². The van der Waals surface area contributed by atoms with Crippen molar-refractivity contribution in [1.29, 1.82) is 0 Å². The summed E-state index contributed by atoms with van der Waals surface area (Å²) in [5.74, 6) is 4.13. The van der Waals surface area contributed by atoms with Gasteiger partial charge in [0.2, 0.25) is 0 Å². The molecule has 0 bridgehead atoms. The summed E-state index contributed by atoms with van der Waals surface area (Å²) in [6, 6.07) is 6.23. The lowest BCUT2D eigenvalue weighted by molar-refractivity contribution is 0.177. The maximum atomic E-state index is 5.90. The van der Waals surface area contributed by atoms with Crippen molar-refractivity contribution < 1.29 is 14.2 Å². The highest BCUT2D eigenvalue weighted by Crippen LogP contribution is 2.33. The molecule has 2 aliphatic heterocycles. The van der Waals surface area contributed by atoms with E-state index in [9.17, 15) is 0 Å². The number of ether oxygens (including phenoxy) is 3. The number of hydrogen-bond acceptors (Lipinski definition) is 6. The molecule has 1 unspecified atom stereocenters. The molecule has 3 heterocycles. The van der Waals surface area contributed by atoms with Crippen molar-refractivity contribution in [3.8, 4) is 11.5 Å². The second-order valence-corrected chi connectivity index (χ2v) is 7.16. The molecule has 0 saturated heterocycles. The number of fused-ring (bicyclic) bond motifs is 2. The van der Waals surface area contributed by atoms with Crippen molar-refractivity contribution in [2.45, 2.75) is 45.0 Å². The Balaban J connectivity index is 0.00000256. The molecule has 2 aliphatic rings. The standard InChI is InChI=1S/C20H28N6O3.HI/c1-21-20(22-11-14-5-3-6-16-19(14)29-10-4-9-28-16)23-15-7-8-18-24-17(13-27-2)25-26(18)12-15;/h3,5-6,15H,4,7-13H2,1-2H3,(H2,21,22,23);1H. The Kier molecular flexibility index (Phi) is 8.14. The smallest absolute Gasteiger partial charge is 0.191 e. The summed E-state index contributed by atoms with van der Waals surface area (Å²) in [4.78, 5) is 8.90. The topological polar surface area (TPSA) is 94.8 Å². The highest BCUT2D eigenvalue weighted by atomic mass is 127. The van der Waals surface area contributed by atoms with Gasteiger partial charge < -0.3 is 24.8 Å². The number of aryl methyl sites for hydroxylation is 1. The van der Waals surface area contributed by atoms with Gasteiger partial charge in [-0.15, -0.1) is 24.0 Å². The van der Waals surface area contributed by atoms with Crippen molar-refractivity contribution in [1.82, 2.24) is 25.4 Å². The molecule has 0 spiro atoms. The van der Waals surface area contributed by atoms with Crippen molar-refractivity contribution in [3.63, 3.8) is 0 Å². The predicted octanol–water partition coefficient (Wildman–Crippen LogP) is 1.88. The maximum absolute atomic E-state index is 5.90. The van der Waals surface area contributed by atoms with E-state index in [2.05, 4.69) is 25.7 Å². The molecule has 1 aromatic carbocycles. The van der Waals surface area contributed by atoms with Crippen LogP contribution >= 0.6 is 24.0 Å². The maximum Gasteiger partial charge on any atom is 0.191 e. The number of nitrogens with one attached hydrogen (secondary N) is 2. The second kappa shape index (κ2) is 10.8. The van der Waals surface area contributed by atoms with Crippen molar-refractivity contribution in [2.75, 3.05) is 27.4 Å². The zero-order valence-electron chi connectivity index (χ0n) is 17.4. The molecule has 164 valence electrons. The predicted molar refractivity (Wildman–Crippen MR) is 124 cm³/mol. The van der Waals surface area contributed by atoms with E-state index in [4.69, 9.17) is 14.2 Å². The lowest BCUT2D eigenvalue weighted by Gasteiger charge is -2.25. The van der Waals surface area contributed by atoms with Gasteiger partial charge in [-0.1, -0.05) is 12.1 Å². The fourth-order valence-electron chi connectivity index (χ4n) is 3.63. The van der Waals surface area contributed by atoms with Gasteiger partial charge in [0.05, 0.1) is 19.8 Å². The number of para-hydroxylation sites is 1. The van der Waals surface area contributed by atoms with E-state index in [0.29, 0.717) is 26.4 Å². The Morgan fingerprint density at radius 1 is 1.33 bits per heavy atom. The van der Waals surface area contributed by atoms with E-state index in [1.54, 1.807) is 14.2 Å². The molecule has 0 aliphatic carbocycles. The minimum Gasteiger partial charge on any atom is -0.490 e. The molecule has 10 heteroatoms. The fraction of sp³-hybridized carbons (Fsp3) is 0.550. The number of rotatable bonds is 5. The van der Waals surface area contributed by atoms with E-state index in [1.165, 1.54) is 0 Å². The third kappa shape index (κ3) is 5.34. The van der Waals surface area contributed by atoms with Crippen molar-refractivity contribution >= 4 is 29.9 Å². The Morgan fingerprint density at radius 3 is 3.03 bits per heavy atom. The van der Waals surface area contributed by atoms with Crippen LogP contribution < -0.4 is 20.1 Å². The van der Waals surface area contributed by atoms with Crippen molar-refractivity contribution in [3.05, 3.63) is 35.4 Å². The summed E-state index contributed by atoms with van der Waals surface area (Å²) in [5.41, 5.74) is 1.05. The summed E-state index contributed by atoms with van der Waals surface area (Å²) < 4.78 is 18.8. The molecule has 1 atom stereocenters. The summed E-state index contributed by atoms with van der Waals surface area (Å²) in [7, 11) is 3.43. The van der Waals surface area contributed by atoms with Gasteiger partial charge in [0, 0.05) is 45.1 Å². The molecule has 0 fully saturated rings. The van der Waals surface area contributed by atoms with Gasteiger partial charge in [0.15, 0.2) is 23.3 Å². The van der Waals surface area contributed by atoms with Crippen LogP contribution in [0.3, 0.4) is 0 Å². The lowest BCUT2D eigenvalue weighted by atomic mass is 10.1. The molecule has 30 heavy (non-hydrogen) atoms. The fourth-order valence-corrected chi connectivity index (χ4v) is 3.63. The first-order valence-corrected chi connectivity index (χ1v) is 10.0. The summed E-state index contributed by atoms with van der Waals surface area (Å²) in [6.45, 7) is 3.15. The quantitative estimate of drug-likeness (QED) is 0.348. The Bertz CT molecular complexity index is 872. The Hall–Kier alpha value is -2.08. The highest BCUT2D eigenvalue weighted by molar-refractivity contribution is 14.0. The Labute approximate surface area is 193 Å². The van der Waals surface area contributed by atoms with Gasteiger partial charge in [0.1, 0.15) is 12.4 Å². The first-order chi connectivity index (χ1) is 14.3. The van der Waals surface area contributed by atoms with Crippen LogP contribution in [0.25, 0.3) is 0 Å². The first-order valence-electron chi connectivity index (χ1n) is 10.0. The number of aromatic nitrogens is 3. The average Bonchev–Trinajstić information content (AvgIpc) is 2.97. The molecule has 0 saturated carbocycles. The number of halogens is 1. The minimum atomic E-state index is 0. The highest BCUT2D eigenvalue weighted by Gasteiger charge is 2.22. The van der Waals surface area contributed by atoms with E-state index in [0.717, 1.165) is 60.5 Å². The van der Waals surface area contributed by atoms with Crippen LogP contribution in [-0.4, -0.2) is 54.1 Å². The molecule has 2 aromatic rings. The molecule has 9 nitrogen and oxygen atoms in total. The van der Waals surface area contributed by atoms with Crippen LogP contribution in [0.5, 0.6) is 11.5 Å². The van der Waals surface area contributed by atoms with Gasteiger partial charge in [-0.25, -0.2) is 9.67 Å². The van der Waals surface area contributed by atoms with Gasteiger partial charge >= 0.3 is 0 Å². The van der Waals surface area contributed by atoms with Crippen LogP contribution in [0.15, 0.2) is 23.2 Å². The number of nitrogens with zero attached hydrogens (tertiary/aromatic N) is 4. The number of hydrogen-bond donors (Lipinski definition) is 2. The van der Waals surface area contributed by atoms with Crippen LogP contribution in [0.2, 0.25) is 0 Å². The largest absolute Gasteiger partial charge is 0.490 e. The zero-order valence-corrected chi connectivity index (χ0v) is 19.7. The van der Waals surface area contributed by atoms with E-state index in [1.807, 2.05) is 22.9 Å². The summed E-state index contributed by atoms with van der Waals surface area (Å²) in [5, 5.41) is 11.4. The molecule has 0 amide bonds. The number of guanidine groups is 1. The average molecular weight is 528 g/mol. The van der Waals surface area contributed by atoms with E-state index in [-0.39, 0.29) is 30.0 Å². The van der Waals surface area contributed by atoms with Crippen LogP contribution in [0.1, 0.15) is 30.1 Å². The molecular weight excluding hydrogens is 499 g/mol. The molecule has 4 rings (SSSR count). The van der Waals surface area contributed by atoms with Crippen LogP contribution in [0, 0.1) is 0 Å². The van der Waals surface area contributed by atoms with E-state index >= 15 is 0 Å². The summed E-state index contributed by atoms with van der Waals surface area (Å²) >= 11 is 0. The molecule has 0 radical (unpaired) electrons. The van der Waals surface area contributed by atoms with Gasteiger partial charge in [-0.05, 0) is 12.5 Å². The third-order valence-corrected chi connectivity index (χ3v) is 5.04. The first kappa shape index (κ1) is 22.6. The Morgan fingerprint density at radius 2 is 2.20 bits per heavy atom. The molecular formula is C20H29IN6O3. The number of benzene rings is 1. The van der Waals surface area contributed by atoms with Crippen LogP contribution in [-0.2, 0) is 30.9 Å². The van der Waals surface area contributed by atoms with Gasteiger partial charge in [-0.2, -0.15) is 5.10 Å². The molecule has 2 N–H and O–H groups in total. The SMILES string of the molecule is CN=C(NCc1cccc2c1OCCCO2)NC1CCc2nc(COC)nn2C1.I. The zero-order chi connectivity index (χ0) is 20.1. The number of methoxy groups -OCH3 is 1. The van der Waals surface area contributed by atoms with E-state index < -0.39 is 0 Å². The van der Waals surface area contributed by atoms with Crippen molar-refractivity contribution in [2.24, 2.45) is 4.99 Å². The molecule has 1 aromatic heterocycles. The normalized spacial score (nSPS) is 18.1. The summed E-state index contributed by atoms with van der Waals surface area (Å²) in [6.07, 6.45) is 2.75. The monoisotopic (exact) mass is 528 g/mol. The lowest BCUT2D eigenvalue weighted by Crippen LogP contribution is -2.46. The van der Waals surface area contributed by atoms with Gasteiger partial charge in [-0.3, -0.25) is 4.99 Å². The second-order valence-electron chi connectivity index (χ2n) is 7.16. The number of aliphatic imine (C=N–C) groups is 1.